The average molecular weight is 555 g/mol. The lowest BCUT2D eigenvalue weighted by Gasteiger charge is -2.33. The predicted molar refractivity (Wildman–Crippen MR) is 140 cm³/mol. The van der Waals surface area contributed by atoms with Crippen LogP contribution in [0.1, 0.15) is 67.0 Å². The van der Waals surface area contributed by atoms with Crippen LogP contribution in [-0.4, -0.2) is 41.7 Å². The Bertz CT molecular complexity index is 1660. The Labute approximate surface area is 228 Å². The van der Waals surface area contributed by atoms with Crippen LogP contribution >= 0.6 is 0 Å². The minimum atomic E-state index is -4.66. The van der Waals surface area contributed by atoms with Gasteiger partial charge in [-0.05, 0) is 85.4 Å². The first kappa shape index (κ1) is 25.5. The van der Waals surface area contributed by atoms with Crippen LogP contribution in [0.2, 0.25) is 0 Å². The summed E-state index contributed by atoms with van der Waals surface area (Å²) >= 11 is 0. The van der Waals surface area contributed by atoms with E-state index >= 15 is 4.39 Å². The summed E-state index contributed by atoms with van der Waals surface area (Å²) in [5, 5.41) is 8.27. The number of likely N-dealkylation sites (tertiary alicyclic amines) is 1. The molecule has 4 heterocycles. The van der Waals surface area contributed by atoms with Crippen molar-refractivity contribution in [3.8, 4) is 5.69 Å². The van der Waals surface area contributed by atoms with Crippen molar-refractivity contribution in [1.82, 2.24) is 28.6 Å². The number of rotatable bonds is 6. The fourth-order valence-electron chi connectivity index (χ4n) is 6.64. The van der Waals surface area contributed by atoms with Gasteiger partial charge in [-0.15, -0.1) is 10.2 Å². The van der Waals surface area contributed by atoms with Crippen molar-refractivity contribution >= 4 is 5.52 Å². The van der Waals surface area contributed by atoms with E-state index in [1.165, 1.54) is 37.4 Å². The summed E-state index contributed by atoms with van der Waals surface area (Å²) in [6.45, 7) is 2.07. The second-order valence-corrected chi connectivity index (χ2v) is 12.0. The van der Waals surface area contributed by atoms with Gasteiger partial charge in [-0.2, -0.15) is 13.2 Å². The summed E-state index contributed by atoms with van der Waals surface area (Å²) in [6.07, 6.45) is 5.98. The summed E-state index contributed by atoms with van der Waals surface area (Å²) in [5.74, 6) is 0.119. The summed E-state index contributed by atoms with van der Waals surface area (Å²) in [4.78, 5) is 15.8. The second kappa shape index (κ2) is 9.02. The zero-order valence-corrected chi connectivity index (χ0v) is 22.2. The Morgan fingerprint density at radius 2 is 1.90 bits per heavy atom. The molecule has 40 heavy (non-hydrogen) atoms. The molecule has 7 rings (SSSR count). The molecule has 3 aromatic heterocycles. The molecule has 2 aliphatic carbocycles. The third kappa shape index (κ3) is 4.34. The van der Waals surface area contributed by atoms with E-state index < -0.39 is 23.2 Å². The number of imidazole rings is 1. The summed E-state index contributed by atoms with van der Waals surface area (Å²) in [5.41, 5.74) is -0.213. The molecule has 0 N–H and O–H groups in total. The molecule has 7 nitrogen and oxygen atoms in total. The van der Waals surface area contributed by atoms with Crippen LogP contribution in [0.15, 0.2) is 47.8 Å². The standard InChI is InChI=1S/C29H30F4N6O/c1-36-17-34-35-26(36)25(19-3-2-4-19)20-10-21(30)12-22(11-20)38-15-24-23(29(31,32)33)9-18(14-39(24)27(38)40)13-37-8-7-28(16-37)5-6-28/h9-12,14-15,17,19,25H,2-8,13,16H2,1H3. The lowest BCUT2D eigenvalue weighted by Crippen LogP contribution is -2.25. The van der Waals surface area contributed by atoms with Gasteiger partial charge < -0.3 is 4.57 Å². The number of benzene rings is 1. The fourth-order valence-corrected chi connectivity index (χ4v) is 6.64. The van der Waals surface area contributed by atoms with Crippen LogP contribution in [0.4, 0.5) is 17.6 Å². The second-order valence-electron chi connectivity index (χ2n) is 12.0. The molecule has 11 heteroatoms. The molecule has 0 bridgehead atoms. The molecule has 210 valence electrons. The Kier molecular flexibility index (Phi) is 5.75. The van der Waals surface area contributed by atoms with Crippen LogP contribution in [0.25, 0.3) is 11.2 Å². The Morgan fingerprint density at radius 3 is 2.52 bits per heavy atom. The van der Waals surface area contributed by atoms with Crippen LogP contribution in [0, 0.1) is 17.2 Å². The number of hydrogen-bond acceptors (Lipinski definition) is 4. The Hall–Kier alpha value is -3.47. The van der Waals surface area contributed by atoms with Crippen molar-refractivity contribution in [2.75, 3.05) is 13.1 Å². The van der Waals surface area contributed by atoms with E-state index in [1.807, 2.05) is 7.05 Å². The average Bonchev–Trinajstić information content (AvgIpc) is 3.14. The Morgan fingerprint density at radius 1 is 1.10 bits per heavy atom. The first-order valence-corrected chi connectivity index (χ1v) is 13.8. The number of aromatic nitrogens is 5. The van der Waals surface area contributed by atoms with Crippen molar-refractivity contribution in [1.29, 1.82) is 0 Å². The van der Waals surface area contributed by atoms with E-state index in [0.717, 1.165) is 53.8 Å². The van der Waals surface area contributed by atoms with Gasteiger partial charge in [0.15, 0.2) is 0 Å². The first-order valence-electron chi connectivity index (χ1n) is 13.8. The molecular weight excluding hydrogens is 524 g/mol. The molecule has 3 aliphatic rings. The van der Waals surface area contributed by atoms with E-state index in [9.17, 15) is 18.0 Å². The molecule has 1 saturated heterocycles. The van der Waals surface area contributed by atoms with Gasteiger partial charge in [-0.3, -0.25) is 13.9 Å². The van der Waals surface area contributed by atoms with Crippen molar-refractivity contribution < 1.29 is 17.6 Å². The largest absolute Gasteiger partial charge is 0.418 e. The van der Waals surface area contributed by atoms with E-state index in [-0.39, 0.29) is 23.0 Å². The van der Waals surface area contributed by atoms with E-state index in [1.54, 1.807) is 17.0 Å². The van der Waals surface area contributed by atoms with Gasteiger partial charge in [-0.25, -0.2) is 9.18 Å². The van der Waals surface area contributed by atoms with Crippen LogP contribution in [-0.2, 0) is 19.8 Å². The minimum absolute atomic E-state index is 0.181. The van der Waals surface area contributed by atoms with Crippen molar-refractivity contribution in [3.63, 3.8) is 0 Å². The molecule has 1 aromatic carbocycles. The van der Waals surface area contributed by atoms with Crippen LogP contribution in [0.3, 0.4) is 0 Å². The van der Waals surface area contributed by atoms with Gasteiger partial charge >= 0.3 is 11.9 Å². The topological polar surface area (TPSA) is 60.4 Å². The number of alkyl halides is 3. The zero-order valence-electron chi connectivity index (χ0n) is 22.2. The number of pyridine rings is 1. The molecule has 2 saturated carbocycles. The summed E-state index contributed by atoms with van der Waals surface area (Å²) < 4.78 is 61.7. The van der Waals surface area contributed by atoms with Gasteiger partial charge in [0.1, 0.15) is 18.0 Å². The number of nitrogens with zero attached hydrogens (tertiary/aromatic N) is 6. The number of hydrogen-bond donors (Lipinski definition) is 0. The smallest absolute Gasteiger partial charge is 0.320 e. The highest BCUT2D eigenvalue weighted by Gasteiger charge is 2.47. The lowest BCUT2D eigenvalue weighted by molar-refractivity contribution is -0.136. The molecule has 3 fully saturated rings. The fraction of sp³-hybridized carbons (Fsp3) is 0.483. The normalized spacial score (nSPS) is 19.9. The van der Waals surface area contributed by atoms with Gasteiger partial charge in [0.25, 0.3) is 0 Å². The third-order valence-electron chi connectivity index (χ3n) is 9.20. The maximum absolute atomic E-state index is 15.1. The zero-order chi connectivity index (χ0) is 27.8. The highest BCUT2D eigenvalue weighted by Crippen LogP contribution is 2.53. The molecular formula is C29H30F4N6O. The highest BCUT2D eigenvalue weighted by molar-refractivity contribution is 5.58. The maximum atomic E-state index is 15.1. The van der Waals surface area contributed by atoms with E-state index in [0.29, 0.717) is 28.9 Å². The molecule has 1 aliphatic heterocycles. The van der Waals surface area contributed by atoms with Gasteiger partial charge in [0.05, 0.1) is 16.8 Å². The monoisotopic (exact) mass is 554 g/mol. The summed E-state index contributed by atoms with van der Waals surface area (Å²) in [6, 6.07) is 5.44. The SMILES string of the molecule is Cn1cnnc1C(c1cc(F)cc(-n2cc3c(C(F)(F)F)cc(CN4CCC5(CC5)C4)cn3c2=O)c1)C1CCC1. The van der Waals surface area contributed by atoms with E-state index in [4.69, 9.17) is 0 Å². The molecule has 1 unspecified atom stereocenters. The number of aryl methyl sites for hydroxylation is 1. The summed E-state index contributed by atoms with van der Waals surface area (Å²) in [7, 11) is 1.83. The Balaban J connectivity index is 1.32. The third-order valence-corrected chi connectivity index (χ3v) is 9.20. The minimum Gasteiger partial charge on any atom is -0.320 e. The highest BCUT2D eigenvalue weighted by atomic mass is 19.4. The van der Waals surface area contributed by atoms with Gasteiger partial charge in [-0.1, -0.05) is 6.42 Å². The van der Waals surface area contributed by atoms with Gasteiger partial charge in [0.2, 0.25) is 0 Å². The first-order chi connectivity index (χ1) is 19.1. The molecule has 1 atom stereocenters. The van der Waals surface area contributed by atoms with E-state index in [2.05, 4.69) is 15.1 Å². The lowest BCUT2D eigenvalue weighted by atomic mass is 9.72. The van der Waals surface area contributed by atoms with Gasteiger partial charge in [0, 0.05) is 38.4 Å². The van der Waals surface area contributed by atoms with Crippen molar-refractivity contribution in [2.45, 2.75) is 57.2 Å². The number of fused-ring (bicyclic) bond motifs is 1. The molecule has 4 aromatic rings. The van der Waals surface area contributed by atoms with Crippen LogP contribution in [0.5, 0.6) is 0 Å². The quantitative estimate of drug-likeness (QED) is 0.304. The maximum Gasteiger partial charge on any atom is 0.418 e. The van der Waals surface area contributed by atoms with Crippen molar-refractivity contribution in [3.05, 3.63) is 81.8 Å². The van der Waals surface area contributed by atoms with Crippen molar-refractivity contribution in [2.24, 2.45) is 18.4 Å². The molecule has 0 amide bonds. The predicted octanol–water partition coefficient (Wildman–Crippen LogP) is 5.29. The molecule has 0 radical (unpaired) electrons. The number of halogens is 4. The molecule has 1 spiro atoms. The van der Waals surface area contributed by atoms with Crippen LogP contribution < -0.4 is 5.69 Å².